The van der Waals surface area contributed by atoms with Crippen molar-refractivity contribution < 1.29 is 14.3 Å². The number of benzene rings is 2. The van der Waals surface area contributed by atoms with Gasteiger partial charge in [0.2, 0.25) is 5.91 Å². The molecule has 2 aliphatic rings. The summed E-state index contributed by atoms with van der Waals surface area (Å²) in [6.07, 6.45) is 3.76. The van der Waals surface area contributed by atoms with Gasteiger partial charge in [-0.25, -0.2) is 4.79 Å². The molecule has 2 saturated carbocycles. The van der Waals surface area contributed by atoms with E-state index in [2.05, 4.69) is 16.0 Å². The highest BCUT2D eigenvalue weighted by Gasteiger charge is 2.55. The third-order valence-electron chi connectivity index (χ3n) is 6.69. The lowest BCUT2D eigenvalue weighted by molar-refractivity contribution is -0.139. The first-order chi connectivity index (χ1) is 15.0. The van der Waals surface area contributed by atoms with Gasteiger partial charge in [-0.05, 0) is 61.3 Å². The van der Waals surface area contributed by atoms with Crippen molar-refractivity contribution in [2.75, 3.05) is 7.11 Å². The Bertz CT molecular complexity index is 899. The van der Waals surface area contributed by atoms with Crippen LogP contribution in [0.5, 0.6) is 5.75 Å². The van der Waals surface area contributed by atoms with Gasteiger partial charge in [0, 0.05) is 18.5 Å². The van der Waals surface area contributed by atoms with E-state index in [0.29, 0.717) is 6.54 Å². The fourth-order valence-corrected chi connectivity index (χ4v) is 4.91. The Morgan fingerprint density at radius 3 is 2.35 bits per heavy atom. The van der Waals surface area contributed by atoms with Gasteiger partial charge in [0.05, 0.1) is 13.2 Å². The minimum Gasteiger partial charge on any atom is -0.497 e. The molecule has 1 spiro atoms. The van der Waals surface area contributed by atoms with E-state index in [1.807, 2.05) is 61.5 Å². The van der Waals surface area contributed by atoms with E-state index in [-0.39, 0.29) is 35.4 Å². The standard InChI is InChI=1S/C25H31N3O3/c1-17(19-6-4-3-5-7-19)27-23(29)20-12-25(13-20)14-21(15-25)28-24(30)26-16-18-8-10-22(31-2)11-9-18/h3-11,17,20-21H,12-16H2,1-2H3,(H,27,29)(H2,26,28,30)/t17-,20?,21?,25?/m1/s1. The molecule has 6 nitrogen and oxygen atoms in total. The fourth-order valence-electron chi connectivity index (χ4n) is 4.91. The van der Waals surface area contributed by atoms with Crippen molar-refractivity contribution in [1.29, 1.82) is 0 Å². The van der Waals surface area contributed by atoms with Gasteiger partial charge in [0.25, 0.3) is 0 Å². The summed E-state index contributed by atoms with van der Waals surface area (Å²) in [5, 5.41) is 9.10. The monoisotopic (exact) mass is 421 g/mol. The lowest BCUT2D eigenvalue weighted by Crippen LogP contribution is -2.59. The maximum atomic E-state index is 12.6. The van der Waals surface area contributed by atoms with E-state index in [1.165, 1.54) is 0 Å². The normalized spacial score (nSPS) is 25.0. The van der Waals surface area contributed by atoms with Crippen molar-refractivity contribution in [1.82, 2.24) is 16.0 Å². The Morgan fingerprint density at radius 1 is 1.03 bits per heavy atom. The lowest BCUT2D eigenvalue weighted by Gasteiger charge is -2.57. The second-order valence-electron chi connectivity index (χ2n) is 9.03. The van der Waals surface area contributed by atoms with Gasteiger partial charge in [-0.1, -0.05) is 42.5 Å². The Balaban J connectivity index is 1.14. The van der Waals surface area contributed by atoms with Crippen LogP contribution in [0.25, 0.3) is 0 Å². The molecule has 0 bridgehead atoms. The number of urea groups is 1. The van der Waals surface area contributed by atoms with Crippen LogP contribution in [0.2, 0.25) is 0 Å². The zero-order valence-electron chi connectivity index (χ0n) is 18.2. The number of hydrogen-bond acceptors (Lipinski definition) is 3. The zero-order valence-corrected chi connectivity index (χ0v) is 18.2. The fraction of sp³-hybridized carbons (Fsp3) is 0.440. The number of hydrogen-bond donors (Lipinski definition) is 3. The maximum absolute atomic E-state index is 12.6. The average molecular weight is 422 g/mol. The number of ether oxygens (including phenoxy) is 1. The van der Waals surface area contributed by atoms with Crippen molar-refractivity contribution in [2.24, 2.45) is 11.3 Å². The second-order valence-corrected chi connectivity index (χ2v) is 9.03. The van der Waals surface area contributed by atoms with E-state index in [0.717, 1.165) is 42.6 Å². The van der Waals surface area contributed by atoms with E-state index in [4.69, 9.17) is 4.74 Å². The van der Waals surface area contributed by atoms with Gasteiger partial charge in [-0.2, -0.15) is 0 Å². The molecule has 0 unspecified atom stereocenters. The molecule has 4 rings (SSSR count). The van der Waals surface area contributed by atoms with Crippen LogP contribution < -0.4 is 20.7 Å². The molecule has 31 heavy (non-hydrogen) atoms. The van der Waals surface area contributed by atoms with Crippen molar-refractivity contribution in [3.05, 3.63) is 65.7 Å². The Hall–Kier alpha value is -3.02. The van der Waals surface area contributed by atoms with E-state index in [1.54, 1.807) is 7.11 Å². The van der Waals surface area contributed by atoms with Crippen LogP contribution in [0.15, 0.2) is 54.6 Å². The molecule has 0 aliphatic heterocycles. The second kappa shape index (κ2) is 9.00. The molecular formula is C25H31N3O3. The summed E-state index contributed by atoms with van der Waals surface area (Å²) in [5.74, 6) is 1.04. The average Bonchev–Trinajstić information content (AvgIpc) is 2.73. The number of rotatable bonds is 7. The van der Waals surface area contributed by atoms with Crippen molar-refractivity contribution >= 4 is 11.9 Å². The van der Waals surface area contributed by atoms with Crippen LogP contribution in [0.1, 0.15) is 49.8 Å². The SMILES string of the molecule is COc1ccc(CNC(=O)NC2CC3(C2)CC(C(=O)N[C@H](C)c2ccccc2)C3)cc1. The lowest BCUT2D eigenvalue weighted by atomic mass is 9.50. The van der Waals surface area contributed by atoms with Gasteiger partial charge in [0.15, 0.2) is 0 Å². The van der Waals surface area contributed by atoms with E-state index in [9.17, 15) is 9.59 Å². The van der Waals surface area contributed by atoms with Crippen LogP contribution in [0, 0.1) is 11.3 Å². The molecule has 2 aromatic carbocycles. The van der Waals surface area contributed by atoms with Crippen molar-refractivity contribution in [3.8, 4) is 5.75 Å². The molecule has 2 fully saturated rings. The summed E-state index contributed by atoms with van der Waals surface area (Å²) in [7, 11) is 1.63. The smallest absolute Gasteiger partial charge is 0.315 e. The Morgan fingerprint density at radius 2 is 1.71 bits per heavy atom. The number of amides is 3. The van der Waals surface area contributed by atoms with Gasteiger partial charge >= 0.3 is 6.03 Å². The largest absolute Gasteiger partial charge is 0.497 e. The molecule has 6 heteroatoms. The summed E-state index contributed by atoms with van der Waals surface area (Å²) in [5.41, 5.74) is 2.39. The highest BCUT2D eigenvalue weighted by Crippen LogP contribution is 2.58. The van der Waals surface area contributed by atoms with Crippen molar-refractivity contribution in [3.63, 3.8) is 0 Å². The van der Waals surface area contributed by atoms with Crippen LogP contribution in [0.4, 0.5) is 4.79 Å². The molecule has 164 valence electrons. The van der Waals surface area contributed by atoms with Gasteiger partial charge in [-0.3, -0.25) is 4.79 Å². The van der Waals surface area contributed by atoms with Crippen LogP contribution in [-0.4, -0.2) is 25.1 Å². The predicted octanol–water partition coefficient (Wildman–Crippen LogP) is 3.93. The summed E-state index contributed by atoms with van der Waals surface area (Å²) in [6, 6.07) is 17.8. The number of carbonyl (C=O) groups is 2. The summed E-state index contributed by atoms with van der Waals surface area (Å²) >= 11 is 0. The first-order valence-corrected chi connectivity index (χ1v) is 11.0. The maximum Gasteiger partial charge on any atom is 0.315 e. The topological polar surface area (TPSA) is 79.5 Å². The summed E-state index contributed by atoms with van der Waals surface area (Å²) < 4.78 is 5.14. The van der Waals surface area contributed by atoms with Crippen LogP contribution in [-0.2, 0) is 11.3 Å². The Labute approximate surface area is 183 Å². The highest BCUT2D eigenvalue weighted by molar-refractivity contribution is 5.80. The number of carbonyl (C=O) groups excluding carboxylic acids is 2. The number of nitrogens with one attached hydrogen (secondary N) is 3. The third-order valence-corrected chi connectivity index (χ3v) is 6.69. The first-order valence-electron chi connectivity index (χ1n) is 11.0. The molecule has 0 aromatic heterocycles. The van der Waals surface area contributed by atoms with Crippen molar-refractivity contribution in [2.45, 2.75) is 51.2 Å². The molecule has 3 amide bonds. The molecular weight excluding hydrogens is 390 g/mol. The summed E-state index contributed by atoms with van der Waals surface area (Å²) in [6.45, 7) is 2.51. The third kappa shape index (κ3) is 5.01. The molecule has 2 aliphatic carbocycles. The highest BCUT2D eigenvalue weighted by atomic mass is 16.5. The van der Waals surface area contributed by atoms with E-state index < -0.39 is 0 Å². The first kappa shape index (κ1) is 21.2. The van der Waals surface area contributed by atoms with Gasteiger partial charge < -0.3 is 20.7 Å². The van der Waals surface area contributed by atoms with Crippen LogP contribution in [0.3, 0.4) is 0 Å². The van der Waals surface area contributed by atoms with Gasteiger partial charge in [-0.15, -0.1) is 0 Å². The van der Waals surface area contributed by atoms with Crippen LogP contribution >= 0.6 is 0 Å². The predicted molar refractivity (Wildman–Crippen MR) is 120 cm³/mol. The van der Waals surface area contributed by atoms with E-state index >= 15 is 0 Å². The molecule has 0 saturated heterocycles. The minimum absolute atomic E-state index is 0.0236. The van der Waals surface area contributed by atoms with Gasteiger partial charge in [0.1, 0.15) is 5.75 Å². The molecule has 0 radical (unpaired) electrons. The molecule has 2 aromatic rings. The zero-order chi connectivity index (χ0) is 21.8. The quantitative estimate of drug-likeness (QED) is 0.634. The Kier molecular flexibility index (Phi) is 6.16. The molecule has 1 atom stereocenters. The minimum atomic E-state index is -0.138. The summed E-state index contributed by atoms with van der Waals surface area (Å²) in [4.78, 5) is 24.7. The number of methoxy groups -OCH3 is 1. The molecule has 0 heterocycles. The molecule has 3 N–H and O–H groups in total.